The minimum atomic E-state index is -1.22. The zero-order valence-corrected chi connectivity index (χ0v) is 24.3. The van der Waals surface area contributed by atoms with E-state index in [1.54, 1.807) is 97.1 Å². The average molecular weight is 622 g/mol. The molecule has 6 rings (SSSR count). The zero-order valence-electron chi connectivity index (χ0n) is 22.8. The van der Waals surface area contributed by atoms with Gasteiger partial charge in [-0.25, -0.2) is 9.69 Å². The fourth-order valence-corrected chi connectivity index (χ4v) is 5.04. The second kappa shape index (κ2) is 12.2. The highest BCUT2D eigenvalue weighted by atomic mass is 35.5. The van der Waals surface area contributed by atoms with Crippen molar-refractivity contribution in [1.82, 2.24) is 0 Å². The highest BCUT2D eigenvalue weighted by Crippen LogP contribution is 2.36. The van der Waals surface area contributed by atoms with Crippen molar-refractivity contribution < 1.29 is 28.7 Å². The molecule has 0 saturated heterocycles. The van der Waals surface area contributed by atoms with E-state index in [2.05, 4.69) is 0 Å². The van der Waals surface area contributed by atoms with Crippen molar-refractivity contribution in [1.29, 1.82) is 0 Å². The summed E-state index contributed by atoms with van der Waals surface area (Å²) >= 11 is 12.0. The topological polar surface area (TPSA) is 90.0 Å². The predicted molar refractivity (Wildman–Crippen MR) is 166 cm³/mol. The number of ketones is 1. The maximum atomic E-state index is 13.5. The smallest absolute Gasteiger partial charge is 0.339 e. The fourth-order valence-electron chi connectivity index (χ4n) is 4.79. The number of carbonyl (C=O) groups is 4. The molecule has 5 aromatic carbocycles. The molecule has 7 nitrogen and oxygen atoms in total. The molecule has 2 amide bonds. The normalized spacial score (nSPS) is 12.9. The molecule has 5 aromatic rings. The average Bonchev–Trinajstić information content (AvgIpc) is 3.31. The molecule has 0 aliphatic carbocycles. The van der Waals surface area contributed by atoms with E-state index in [4.69, 9.17) is 32.7 Å². The molecule has 0 saturated carbocycles. The molecule has 1 atom stereocenters. The van der Waals surface area contributed by atoms with E-state index in [1.165, 1.54) is 24.3 Å². The molecule has 0 fully saturated rings. The molecule has 0 unspecified atom stereocenters. The third-order valence-electron chi connectivity index (χ3n) is 6.97. The van der Waals surface area contributed by atoms with Gasteiger partial charge in [-0.05, 0) is 72.8 Å². The lowest BCUT2D eigenvalue weighted by molar-refractivity contribution is 0.0280. The second-order valence-electron chi connectivity index (χ2n) is 9.79. The number of benzene rings is 5. The van der Waals surface area contributed by atoms with Crippen LogP contribution in [0.1, 0.15) is 53.1 Å². The molecule has 1 aliphatic rings. The number of imide groups is 1. The van der Waals surface area contributed by atoms with E-state index >= 15 is 0 Å². The Labute approximate surface area is 262 Å². The minimum absolute atomic E-state index is 0.122. The van der Waals surface area contributed by atoms with E-state index in [9.17, 15) is 19.2 Å². The number of nitrogens with zero attached hydrogens (tertiary/aromatic N) is 1. The van der Waals surface area contributed by atoms with Crippen LogP contribution in [0.2, 0.25) is 10.0 Å². The van der Waals surface area contributed by atoms with Crippen molar-refractivity contribution in [3.8, 4) is 11.5 Å². The number of amides is 2. The van der Waals surface area contributed by atoms with Gasteiger partial charge >= 0.3 is 5.97 Å². The lowest BCUT2D eigenvalue weighted by atomic mass is 9.99. The number of hydrogen-bond donors (Lipinski definition) is 0. The molecule has 0 N–H and O–H groups in total. The first kappa shape index (κ1) is 28.9. The third-order valence-corrected chi connectivity index (χ3v) is 7.48. The van der Waals surface area contributed by atoms with Crippen molar-refractivity contribution in [2.45, 2.75) is 6.10 Å². The van der Waals surface area contributed by atoms with Gasteiger partial charge in [-0.15, -0.1) is 0 Å². The molecular formula is C35H21Cl2NO6. The van der Waals surface area contributed by atoms with Crippen molar-refractivity contribution in [2.75, 3.05) is 4.90 Å². The van der Waals surface area contributed by atoms with Gasteiger partial charge in [0.25, 0.3) is 11.8 Å². The molecule has 44 heavy (non-hydrogen) atoms. The van der Waals surface area contributed by atoms with Gasteiger partial charge in [-0.3, -0.25) is 14.4 Å². The Morgan fingerprint density at radius 3 is 1.93 bits per heavy atom. The molecule has 1 heterocycles. The molecule has 1 aliphatic heterocycles. The van der Waals surface area contributed by atoms with Gasteiger partial charge in [0.05, 0.1) is 22.4 Å². The highest BCUT2D eigenvalue weighted by Gasteiger charge is 2.39. The van der Waals surface area contributed by atoms with E-state index in [0.29, 0.717) is 26.9 Å². The van der Waals surface area contributed by atoms with Crippen molar-refractivity contribution >= 4 is 52.5 Å². The first-order valence-electron chi connectivity index (χ1n) is 13.4. The summed E-state index contributed by atoms with van der Waals surface area (Å²) in [6.45, 7) is 0. The van der Waals surface area contributed by atoms with Crippen LogP contribution < -0.4 is 9.64 Å². The van der Waals surface area contributed by atoms with Gasteiger partial charge in [0.1, 0.15) is 11.5 Å². The number of anilines is 1. The summed E-state index contributed by atoms with van der Waals surface area (Å²) in [6.07, 6.45) is -1.22. The molecule has 0 spiro atoms. The van der Waals surface area contributed by atoms with E-state index in [0.717, 1.165) is 4.90 Å². The predicted octanol–water partition coefficient (Wildman–Crippen LogP) is 8.37. The van der Waals surface area contributed by atoms with Crippen molar-refractivity contribution in [3.63, 3.8) is 0 Å². The zero-order chi connectivity index (χ0) is 30.8. The van der Waals surface area contributed by atoms with Crippen LogP contribution >= 0.6 is 23.2 Å². The van der Waals surface area contributed by atoms with Gasteiger partial charge in [0, 0.05) is 21.2 Å². The van der Waals surface area contributed by atoms with E-state index < -0.39 is 29.7 Å². The number of esters is 1. The summed E-state index contributed by atoms with van der Waals surface area (Å²) in [5.74, 6) is -1.59. The number of Topliss-reactive ketones (excluding diaryl/α,β-unsaturated/α-hetero) is 1. The summed E-state index contributed by atoms with van der Waals surface area (Å²) in [5, 5.41) is 1.00. The lowest BCUT2D eigenvalue weighted by Gasteiger charge is -2.18. The monoisotopic (exact) mass is 621 g/mol. The Hall–Kier alpha value is -5.24. The quantitative estimate of drug-likeness (QED) is 0.0982. The van der Waals surface area contributed by atoms with E-state index in [1.807, 2.05) is 0 Å². The summed E-state index contributed by atoms with van der Waals surface area (Å²) in [6, 6.07) is 32.2. The van der Waals surface area contributed by atoms with Crippen LogP contribution in [0.25, 0.3) is 0 Å². The first-order chi connectivity index (χ1) is 21.3. The van der Waals surface area contributed by atoms with Crippen molar-refractivity contribution in [2.24, 2.45) is 0 Å². The van der Waals surface area contributed by atoms with Crippen LogP contribution in [-0.4, -0.2) is 23.6 Å². The van der Waals surface area contributed by atoms with Gasteiger partial charge in [-0.2, -0.15) is 0 Å². The summed E-state index contributed by atoms with van der Waals surface area (Å²) in [7, 11) is 0. The van der Waals surface area contributed by atoms with Gasteiger partial charge < -0.3 is 9.47 Å². The molecule has 0 aromatic heterocycles. The largest absolute Gasteiger partial charge is 0.457 e. The molecule has 9 heteroatoms. The minimum Gasteiger partial charge on any atom is -0.457 e. The highest BCUT2D eigenvalue weighted by molar-refractivity contribution is 6.35. The molecule has 0 radical (unpaired) electrons. The Morgan fingerprint density at radius 2 is 1.27 bits per heavy atom. The van der Waals surface area contributed by atoms with Crippen LogP contribution in [-0.2, 0) is 4.74 Å². The number of carbonyl (C=O) groups excluding carboxylic acids is 4. The Bertz CT molecular complexity index is 1890. The fraction of sp³-hybridized carbons (Fsp3) is 0.0286. The van der Waals surface area contributed by atoms with Crippen LogP contribution in [0.5, 0.6) is 11.5 Å². The third kappa shape index (κ3) is 5.71. The van der Waals surface area contributed by atoms with E-state index in [-0.39, 0.29) is 28.1 Å². The van der Waals surface area contributed by atoms with Crippen LogP contribution in [0.4, 0.5) is 5.69 Å². The number of fused-ring (bicyclic) bond motifs is 1. The second-order valence-corrected chi connectivity index (χ2v) is 10.7. The Kier molecular flexibility index (Phi) is 7.98. The van der Waals surface area contributed by atoms with Crippen LogP contribution in [0.3, 0.4) is 0 Å². The van der Waals surface area contributed by atoms with Gasteiger partial charge in [-0.1, -0.05) is 71.7 Å². The standard InChI is InChI=1S/C35H21Cl2NO6/c36-24-13-9-22(10-14-24)32(31(39)21-5-2-1-3-6-21)44-35(42)23-11-17-26(18-12-23)38-33(40)28-7-4-8-29(30(28)34(38)41)43-27-19-15-25(37)16-20-27/h1-20,32H/t32-/m0/s1. The number of rotatable bonds is 8. The summed E-state index contributed by atoms with van der Waals surface area (Å²) < 4.78 is 11.6. The maximum absolute atomic E-state index is 13.5. The van der Waals surface area contributed by atoms with Crippen LogP contribution in [0.15, 0.2) is 121 Å². The summed E-state index contributed by atoms with van der Waals surface area (Å²) in [4.78, 5) is 54.4. The molecule has 216 valence electrons. The molecule has 0 bridgehead atoms. The number of halogens is 2. The lowest BCUT2D eigenvalue weighted by Crippen LogP contribution is -2.29. The van der Waals surface area contributed by atoms with Gasteiger partial charge in [0.2, 0.25) is 5.78 Å². The first-order valence-corrected chi connectivity index (χ1v) is 14.2. The number of hydrogen-bond acceptors (Lipinski definition) is 6. The SMILES string of the molecule is O=C(O[C@H](C(=O)c1ccccc1)c1ccc(Cl)cc1)c1ccc(N2C(=O)c3cccc(Oc4ccc(Cl)cc4)c3C2=O)cc1. The van der Waals surface area contributed by atoms with Crippen LogP contribution in [0, 0.1) is 0 Å². The summed E-state index contributed by atoms with van der Waals surface area (Å²) in [5.41, 5.74) is 1.52. The number of ether oxygens (including phenoxy) is 2. The van der Waals surface area contributed by atoms with Gasteiger partial charge in [0.15, 0.2) is 6.10 Å². The maximum Gasteiger partial charge on any atom is 0.339 e. The van der Waals surface area contributed by atoms with Crippen molar-refractivity contribution in [3.05, 3.63) is 159 Å². The Balaban J connectivity index is 1.23. The Morgan fingerprint density at radius 1 is 0.636 bits per heavy atom. The molecular weight excluding hydrogens is 601 g/mol.